The summed E-state index contributed by atoms with van der Waals surface area (Å²) in [6.45, 7) is 9.19. The van der Waals surface area contributed by atoms with Gasteiger partial charge in [0, 0.05) is 42.5 Å². The minimum atomic E-state index is 0.0335. The summed E-state index contributed by atoms with van der Waals surface area (Å²) in [7, 11) is 4.24. The highest BCUT2D eigenvalue weighted by atomic mass is 15.1. The number of hydrogen-bond acceptors (Lipinski definition) is 2. The Morgan fingerprint density at radius 1 is 1.00 bits per heavy atom. The molecule has 0 bridgehead atoms. The fraction of sp³-hybridized carbons (Fsp3) is 0.333. The second-order valence-corrected chi connectivity index (χ2v) is 12.3. The molecule has 1 heterocycles. The van der Waals surface area contributed by atoms with Gasteiger partial charge in [0.15, 0.2) is 0 Å². The van der Waals surface area contributed by atoms with E-state index in [4.69, 9.17) is 0 Å². The van der Waals surface area contributed by atoms with Gasteiger partial charge in [0.05, 0.1) is 0 Å². The Labute approximate surface area is 248 Å². The maximum atomic E-state index is 3.66. The van der Waals surface area contributed by atoms with Crippen molar-refractivity contribution in [3.63, 3.8) is 0 Å². The average molecular weight is 543 g/mol. The van der Waals surface area contributed by atoms with Crippen molar-refractivity contribution in [1.29, 1.82) is 0 Å². The van der Waals surface area contributed by atoms with Crippen LogP contribution >= 0.6 is 0 Å². The molecule has 41 heavy (non-hydrogen) atoms. The highest BCUT2D eigenvalue weighted by molar-refractivity contribution is 5.72. The SMILES string of the molecule is CC/C=C(\C=C/CCC1=C(/C=C/C2=Cc3ccccc3C2(C)C)CC/C1=C\C=C1\Nc2ccccc2[C@@H]1C)N(C)C. The van der Waals surface area contributed by atoms with Crippen LogP contribution in [0.5, 0.6) is 0 Å². The first kappa shape index (κ1) is 28.7. The molecule has 212 valence electrons. The third kappa shape index (κ3) is 6.12. The van der Waals surface area contributed by atoms with Crippen LogP contribution in [0.2, 0.25) is 0 Å². The van der Waals surface area contributed by atoms with E-state index in [2.05, 4.69) is 149 Å². The summed E-state index contributed by atoms with van der Waals surface area (Å²) in [6, 6.07) is 17.5. The van der Waals surface area contributed by atoms with Gasteiger partial charge in [-0.15, -0.1) is 0 Å². The molecule has 1 aliphatic heterocycles. The molecule has 2 aromatic rings. The molecule has 5 rings (SSSR count). The smallest absolute Gasteiger partial charge is 0.0421 e. The zero-order valence-corrected chi connectivity index (χ0v) is 25.8. The van der Waals surface area contributed by atoms with E-state index in [0.29, 0.717) is 5.92 Å². The van der Waals surface area contributed by atoms with E-state index in [9.17, 15) is 0 Å². The summed E-state index contributed by atoms with van der Waals surface area (Å²) in [5, 5.41) is 3.66. The Morgan fingerprint density at radius 3 is 2.54 bits per heavy atom. The van der Waals surface area contributed by atoms with Crippen molar-refractivity contribution in [2.24, 2.45) is 0 Å². The number of benzene rings is 2. The van der Waals surface area contributed by atoms with Crippen molar-refractivity contribution in [3.05, 3.63) is 141 Å². The molecule has 0 amide bonds. The molecule has 0 saturated carbocycles. The lowest BCUT2D eigenvalue weighted by Gasteiger charge is -2.22. The number of para-hydroxylation sites is 1. The monoisotopic (exact) mass is 542 g/mol. The quantitative estimate of drug-likeness (QED) is 0.317. The van der Waals surface area contributed by atoms with E-state index in [0.717, 1.165) is 32.1 Å². The Balaban J connectivity index is 1.41. The lowest BCUT2D eigenvalue weighted by atomic mass is 9.81. The topological polar surface area (TPSA) is 15.3 Å². The highest BCUT2D eigenvalue weighted by Crippen LogP contribution is 2.43. The molecular weight excluding hydrogens is 496 g/mol. The lowest BCUT2D eigenvalue weighted by molar-refractivity contribution is 0.527. The highest BCUT2D eigenvalue weighted by Gasteiger charge is 2.31. The Hall–Kier alpha value is -3.78. The fourth-order valence-electron chi connectivity index (χ4n) is 6.45. The van der Waals surface area contributed by atoms with Crippen LogP contribution in [0.4, 0.5) is 5.69 Å². The molecule has 2 aromatic carbocycles. The number of fused-ring (bicyclic) bond motifs is 2. The molecule has 0 aromatic heterocycles. The van der Waals surface area contributed by atoms with Crippen LogP contribution in [0.1, 0.15) is 82.4 Å². The Morgan fingerprint density at radius 2 is 1.78 bits per heavy atom. The van der Waals surface area contributed by atoms with Crippen LogP contribution in [-0.2, 0) is 5.41 Å². The number of hydrogen-bond donors (Lipinski definition) is 1. The van der Waals surface area contributed by atoms with E-state index in [1.165, 1.54) is 56.1 Å². The first-order chi connectivity index (χ1) is 19.8. The van der Waals surface area contributed by atoms with Gasteiger partial charge in [-0.3, -0.25) is 0 Å². The summed E-state index contributed by atoms with van der Waals surface area (Å²) in [5.41, 5.74) is 13.9. The molecule has 2 nitrogen and oxygen atoms in total. The number of nitrogens with zero attached hydrogens (tertiary/aromatic N) is 1. The summed E-state index contributed by atoms with van der Waals surface area (Å²) in [5.74, 6) is 0.396. The van der Waals surface area contributed by atoms with E-state index >= 15 is 0 Å². The van der Waals surface area contributed by atoms with E-state index in [1.807, 2.05) is 0 Å². The van der Waals surface area contributed by atoms with Crippen LogP contribution in [0.3, 0.4) is 0 Å². The maximum Gasteiger partial charge on any atom is 0.0421 e. The molecule has 0 saturated heterocycles. The molecule has 1 atom stereocenters. The van der Waals surface area contributed by atoms with Crippen LogP contribution < -0.4 is 5.32 Å². The number of rotatable bonds is 9. The summed E-state index contributed by atoms with van der Waals surface area (Å²) >= 11 is 0. The van der Waals surface area contributed by atoms with E-state index in [1.54, 1.807) is 0 Å². The van der Waals surface area contributed by atoms with Gasteiger partial charge in [-0.05, 0) is 89.3 Å². The Kier molecular flexibility index (Phi) is 8.68. The summed E-state index contributed by atoms with van der Waals surface area (Å²) in [6.07, 6.45) is 24.2. The first-order valence-corrected chi connectivity index (χ1v) is 15.3. The van der Waals surface area contributed by atoms with Crippen LogP contribution in [-0.4, -0.2) is 19.0 Å². The minimum Gasteiger partial charge on any atom is -0.378 e. The van der Waals surface area contributed by atoms with Crippen molar-refractivity contribution in [1.82, 2.24) is 4.90 Å². The van der Waals surface area contributed by atoms with Crippen molar-refractivity contribution >= 4 is 11.8 Å². The van der Waals surface area contributed by atoms with Crippen molar-refractivity contribution in [2.45, 2.75) is 71.1 Å². The standard InChI is InChI=1S/C39H46N2/c1-7-14-33(41(5)6)16-9-10-18-35-29(23-25-32-27-31-15-8-12-19-36(31)39(32,3)4)21-22-30(35)24-26-37-28(2)34-17-11-13-20-38(34)40-37/h8-9,11-17,19-20,23-28,40H,7,10,18,21-22H2,1-6H3/b16-9-,25-23+,30-24+,33-14+,37-26+/t28-/m0/s1. The van der Waals surface area contributed by atoms with Crippen molar-refractivity contribution in [3.8, 4) is 0 Å². The Bertz CT molecular complexity index is 1500. The summed E-state index contributed by atoms with van der Waals surface area (Å²) < 4.78 is 0. The molecule has 0 radical (unpaired) electrons. The summed E-state index contributed by atoms with van der Waals surface area (Å²) in [4.78, 5) is 2.20. The zero-order chi connectivity index (χ0) is 29.0. The number of nitrogens with one attached hydrogen (secondary N) is 1. The molecule has 2 aliphatic carbocycles. The normalized spacial score (nSPS) is 21.8. The molecule has 2 heteroatoms. The molecule has 0 fully saturated rings. The predicted octanol–water partition coefficient (Wildman–Crippen LogP) is 10.2. The van der Waals surface area contributed by atoms with Gasteiger partial charge in [0.2, 0.25) is 0 Å². The maximum absolute atomic E-state index is 3.66. The van der Waals surface area contributed by atoms with Gasteiger partial charge in [-0.2, -0.15) is 0 Å². The fourth-order valence-corrected chi connectivity index (χ4v) is 6.45. The van der Waals surface area contributed by atoms with Gasteiger partial charge in [0.25, 0.3) is 0 Å². The van der Waals surface area contributed by atoms with Gasteiger partial charge >= 0.3 is 0 Å². The lowest BCUT2D eigenvalue weighted by Crippen LogP contribution is -2.15. The molecule has 0 unspecified atom stereocenters. The van der Waals surface area contributed by atoms with Gasteiger partial charge in [-0.25, -0.2) is 0 Å². The van der Waals surface area contributed by atoms with E-state index < -0.39 is 0 Å². The zero-order valence-electron chi connectivity index (χ0n) is 25.8. The number of allylic oxidation sites excluding steroid dienone is 12. The molecule has 0 spiro atoms. The predicted molar refractivity (Wildman–Crippen MR) is 178 cm³/mol. The van der Waals surface area contributed by atoms with Crippen LogP contribution in [0.25, 0.3) is 6.08 Å². The van der Waals surface area contributed by atoms with E-state index in [-0.39, 0.29) is 5.41 Å². The largest absolute Gasteiger partial charge is 0.378 e. The van der Waals surface area contributed by atoms with Gasteiger partial charge in [0.1, 0.15) is 0 Å². The van der Waals surface area contributed by atoms with Gasteiger partial charge < -0.3 is 10.2 Å². The van der Waals surface area contributed by atoms with Crippen LogP contribution in [0.15, 0.2) is 125 Å². The average Bonchev–Trinajstić information content (AvgIpc) is 3.59. The van der Waals surface area contributed by atoms with Crippen molar-refractivity contribution < 1.29 is 0 Å². The van der Waals surface area contributed by atoms with Gasteiger partial charge in [-0.1, -0.05) is 107 Å². The minimum absolute atomic E-state index is 0.0335. The number of anilines is 1. The van der Waals surface area contributed by atoms with Crippen molar-refractivity contribution in [2.75, 3.05) is 19.4 Å². The first-order valence-electron chi connectivity index (χ1n) is 15.3. The third-order valence-corrected chi connectivity index (χ3v) is 8.99. The second-order valence-electron chi connectivity index (χ2n) is 12.3. The molecular formula is C39H46N2. The van der Waals surface area contributed by atoms with Crippen LogP contribution in [0, 0.1) is 0 Å². The third-order valence-electron chi connectivity index (χ3n) is 8.99. The molecule has 1 N–H and O–H groups in total. The molecule has 3 aliphatic rings. The second kappa shape index (κ2) is 12.4. The number of likely N-dealkylation sites (N-methyl/N-ethyl adjacent to an activating group) is 1.